The predicted molar refractivity (Wildman–Crippen MR) is 149 cm³/mol. The molecule has 2 saturated carbocycles. The molecule has 3 aromatic rings. The van der Waals surface area contributed by atoms with Gasteiger partial charge in [-0.25, -0.2) is 14.8 Å². The molecule has 13 heteroatoms. The summed E-state index contributed by atoms with van der Waals surface area (Å²) in [6.07, 6.45) is 3.45. The van der Waals surface area contributed by atoms with Crippen molar-refractivity contribution in [3.63, 3.8) is 0 Å². The molecule has 2 amide bonds. The summed E-state index contributed by atoms with van der Waals surface area (Å²) in [4.78, 5) is 52.9. The predicted octanol–water partition coefficient (Wildman–Crippen LogP) is 4.95. The van der Waals surface area contributed by atoms with Crippen LogP contribution in [-0.2, 0) is 28.1 Å². The lowest BCUT2D eigenvalue weighted by Gasteiger charge is -2.33. The van der Waals surface area contributed by atoms with E-state index in [0.717, 1.165) is 30.6 Å². The molecule has 222 valence electrons. The van der Waals surface area contributed by atoms with Gasteiger partial charge in [-0.2, -0.15) is 8.78 Å². The minimum atomic E-state index is -4.20. The number of aromatic nitrogens is 3. The van der Waals surface area contributed by atoms with Crippen molar-refractivity contribution in [3.8, 4) is 16.9 Å². The van der Waals surface area contributed by atoms with Gasteiger partial charge >= 0.3 is 18.0 Å². The van der Waals surface area contributed by atoms with Crippen LogP contribution in [0.3, 0.4) is 0 Å². The first-order valence-corrected chi connectivity index (χ1v) is 14.4. The van der Waals surface area contributed by atoms with E-state index in [1.807, 2.05) is 6.92 Å². The summed E-state index contributed by atoms with van der Waals surface area (Å²) in [5.41, 5.74) is 6.32. The fourth-order valence-corrected chi connectivity index (χ4v) is 6.07. The van der Waals surface area contributed by atoms with Crippen molar-refractivity contribution in [2.75, 3.05) is 4.90 Å². The van der Waals surface area contributed by atoms with Crippen molar-refractivity contribution in [1.82, 2.24) is 15.0 Å². The number of esters is 1. The van der Waals surface area contributed by atoms with Gasteiger partial charge in [-0.05, 0) is 62.1 Å². The summed E-state index contributed by atoms with van der Waals surface area (Å²) in [6.45, 7) is 1.44. The van der Waals surface area contributed by atoms with E-state index < -0.39 is 29.5 Å². The van der Waals surface area contributed by atoms with Crippen LogP contribution in [0.5, 0.6) is 5.75 Å². The number of pyridine rings is 1. The number of amides is 2. The molecule has 0 spiro atoms. The van der Waals surface area contributed by atoms with Crippen LogP contribution in [0.4, 0.5) is 14.5 Å². The van der Waals surface area contributed by atoms with Crippen molar-refractivity contribution in [3.05, 3.63) is 64.0 Å². The molecular weight excluding hydrogens is 584 g/mol. The Hall–Kier alpha value is -4.19. The van der Waals surface area contributed by atoms with Gasteiger partial charge in [0.2, 0.25) is 0 Å². The third-order valence-electron chi connectivity index (χ3n) is 8.34. The van der Waals surface area contributed by atoms with Crippen LogP contribution >= 0.6 is 11.6 Å². The maximum atomic E-state index is 14.9. The molecular formula is C30H26ClF2N5O5. The topological polar surface area (TPSA) is 138 Å². The summed E-state index contributed by atoms with van der Waals surface area (Å²) in [5, 5.41) is 0.246. The number of nitrogens with zero attached hydrogens (tertiary/aromatic N) is 4. The molecule has 10 nitrogen and oxygen atoms in total. The van der Waals surface area contributed by atoms with Gasteiger partial charge in [0.1, 0.15) is 5.82 Å². The van der Waals surface area contributed by atoms with E-state index in [1.54, 1.807) is 0 Å². The molecule has 2 N–H and O–H groups in total. The molecule has 0 saturated heterocycles. The lowest BCUT2D eigenvalue weighted by Crippen LogP contribution is -2.50. The Bertz CT molecular complexity index is 1710. The molecule has 4 aliphatic rings. The monoisotopic (exact) mass is 609 g/mol. The number of alkyl halides is 2. The molecule has 2 aliphatic heterocycles. The highest BCUT2D eigenvalue weighted by Crippen LogP contribution is 2.51. The van der Waals surface area contributed by atoms with Crippen LogP contribution in [0.25, 0.3) is 11.1 Å². The van der Waals surface area contributed by atoms with Crippen molar-refractivity contribution in [1.29, 1.82) is 0 Å². The van der Waals surface area contributed by atoms with Crippen molar-refractivity contribution in [2.45, 2.75) is 63.7 Å². The smallest absolute Gasteiger partial charge is 0.449 e. The molecule has 2 aliphatic carbocycles. The van der Waals surface area contributed by atoms with Gasteiger partial charge in [0.05, 0.1) is 39.8 Å². The van der Waals surface area contributed by atoms with E-state index in [1.165, 1.54) is 30.6 Å². The molecule has 0 bridgehead atoms. The highest BCUT2D eigenvalue weighted by molar-refractivity contribution is 6.30. The quantitative estimate of drug-likeness (QED) is 0.354. The number of nitrogens with two attached hydrogens (primary N) is 1. The molecule has 7 rings (SSSR count). The van der Waals surface area contributed by atoms with Crippen LogP contribution in [-0.4, -0.2) is 38.8 Å². The minimum Gasteiger partial charge on any atom is -0.449 e. The fourth-order valence-electron chi connectivity index (χ4n) is 5.97. The number of benzene rings is 1. The average molecular weight is 610 g/mol. The molecule has 1 aromatic carbocycles. The first-order valence-electron chi connectivity index (χ1n) is 14.0. The van der Waals surface area contributed by atoms with Gasteiger partial charge in [0.15, 0.2) is 11.4 Å². The maximum absolute atomic E-state index is 14.9. The normalized spacial score (nSPS) is 22.1. The second kappa shape index (κ2) is 9.66. The average Bonchev–Trinajstić information content (AvgIpc) is 3.88. The van der Waals surface area contributed by atoms with Crippen LogP contribution < -0.4 is 15.4 Å². The Labute approximate surface area is 249 Å². The standard InChI is InChI=1S/C30H26ClF2N5O5/c1-29(10-15-4-5-15)25-24(27(40)43-29)22(23(26(34)39)18(37-25)8-14-2-3-14)16-6-7-19-20(9-16)42-30(32,33)28(41)38(19)13-21-35-11-17(31)12-36-21/h6-7,9,11-12,14-15H,2-5,8,10,13H2,1H3,(H2,34,39). The molecule has 1 unspecified atom stereocenters. The van der Waals surface area contributed by atoms with Gasteiger partial charge < -0.3 is 15.2 Å². The maximum Gasteiger partial charge on any atom is 0.482 e. The van der Waals surface area contributed by atoms with E-state index in [2.05, 4.69) is 9.97 Å². The number of cyclic esters (lactones) is 1. The molecule has 0 radical (unpaired) electrons. The summed E-state index contributed by atoms with van der Waals surface area (Å²) in [6, 6.07) is 4.22. The van der Waals surface area contributed by atoms with E-state index in [9.17, 15) is 23.2 Å². The Morgan fingerprint density at radius 3 is 2.44 bits per heavy atom. The minimum absolute atomic E-state index is 0.0314. The summed E-state index contributed by atoms with van der Waals surface area (Å²) in [7, 11) is 0. The van der Waals surface area contributed by atoms with E-state index in [4.69, 9.17) is 31.8 Å². The lowest BCUT2D eigenvalue weighted by molar-refractivity contribution is -0.193. The Morgan fingerprint density at radius 2 is 1.79 bits per heavy atom. The molecule has 1 atom stereocenters. The lowest BCUT2D eigenvalue weighted by atomic mass is 9.86. The number of rotatable bonds is 8. The number of carbonyl (C=O) groups excluding carboxylic acids is 3. The van der Waals surface area contributed by atoms with E-state index in [-0.39, 0.29) is 51.1 Å². The number of hydrogen-bond acceptors (Lipinski definition) is 8. The number of hydrogen-bond donors (Lipinski definition) is 1. The summed E-state index contributed by atoms with van der Waals surface area (Å²) >= 11 is 5.84. The van der Waals surface area contributed by atoms with E-state index >= 15 is 0 Å². The van der Waals surface area contributed by atoms with Crippen LogP contribution in [0.2, 0.25) is 5.02 Å². The largest absolute Gasteiger partial charge is 0.482 e. The summed E-state index contributed by atoms with van der Waals surface area (Å²) < 4.78 is 40.7. The van der Waals surface area contributed by atoms with Gasteiger partial charge in [-0.15, -0.1) is 0 Å². The Balaban J connectivity index is 1.39. The SMILES string of the molecule is CC1(CC2CC2)OC(=O)c2c1nc(CC1CC1)c(C(N)=O)c2-c1ccc2c(c1)OC(F)(F)C(=O)N2Cc1ncc(Cl)cn1. The molecule has 4 heterocycles. The van der Waals surface area contributed by atoms with Crippen molar-refractivity contribution < 1.29 is 32.6 Å². The number of carbonyl (C=O) groups is 3. The van der Waals surface area contributed by atoms with Gasteiger partial charge in [-0.3, -0.25) is 19.5 Å². The Morgan fingerprint density at radius 1 is 1.09 bits per heavy atom. The van der Waals surface area contributed by atoms with Crippen LogP contribution in [0.1, 0.15) is 77.0 Å². The van der Waals surface area contributed by atoms with E-state index in [0.29, 0.717) is 36.1 Å². The Kier molecular flexibility index (Phi) is 6.21. The number of halogens is 3. The van der Waals surface area contributed by atoms with Crippen molar-refractivity contribution in [2.24, 2.45) is 17.6 Å². The van der Waals surface area contributed by atoms with Gasteiger partial charge in [0, 0.05) is 18.0 Å². The van der Waals surface area contributed by atoms with Gasteiger partial charge in [-0.1, -0.05) is 30.5 Å². The number of anilines is 1. The van der Waals surface area contributed by atoms with Crippen LogP contribution in [0, 0.1) is 11.8 Å². The molecule has 2 aromatic heterocycles. The fraction of sp³-hybridized carbons (Fsp3) is 0.400. The highest BCUT2D eigenvalue weighted by atomic mass is 35.5. The number of ether oxygens (including phenoxy) is 2. The van der Waals surface area contributed by atoms with Gasteiger partial charge in [0.25, 0.3) is 5.91 Å². The second-order valence-corrected chi connectivity index (χ2v) is 12.3. The van der Waals surface area contributed by atoms with Crippen molar-refractivity contribution >= 4 is 35.1 Å². The third kappa shape index (κ3) is 4.87. The zero-order valence-corrected chi connectivity index (χ0v) is 23.8. The summed E-state index contributed by atoms with van der Waals surface area (Å²) in [5.74, 6) is -2.61. The molecule has 2 fully saturated rings. The van der Waals surface area contributed by atoms with Crippen LogP contribution in [0.15, 0.2) is 30.6 Å². The number of fused-ring (bicyclic) bond motifs is 2. The zero-order valence-electron chi connectivity index (χ0n) is 23.0. The zero-order chi connectivity index (χ0) is 30.3. The molecule has 43 heavy (non-hydrogen) atoms. The second-order valence-electron chi connectivity index (χ2n) is 11.8. The highest BCUT2D eigenvalue weighted by Gasteiger charge is 2.52. The first kappa shape index (κ1) is 27.6. The first-order chi connectivity index (χ1) is 20.4. The number of primary amides is 1. The third-order valence-corrected chi connectivity index (χ3v) is 8.54.